The van der Waals surface area contributed by atoms with Gasteiger partial charge in [0.2, 0.25) is 0 Å². The summed E-state index contributed by atoms with van der Waals surface area (Å²) in [7, 11) is -1.55. The minimum atomic E-state index is -3.28. The van der Waals surface area contributed by atoms with Crippen molar-refractivity contribution < 1.29 is 8.42 Å². The van der Waals surface area contributed by atoms with E-state index in [0.717, 1.165) is 25.8 Å². The fourth-order valence-electron chi connectivity index (χ4n) is 3.68. The Morgan fingerprint density at radius 2 is 1.95 bits per heavy atom. The lowest BCUT2D eigenvalue weighted by molar-refractivity contribution is 0.191. The molecule has 0 radical (unpaired) electrons. The van der Waals surface area contributed by atoms with Crippen LogP contribution in [0.25, 0.3) is 0 Å². The summed E-state index contributed by atoms with van der Waals surface area (Å²) in [6, 6.07) is 0.716. The number of fused-ring (bicyclic) bond motifs is 1. The van der Waals surface area contributed by atoms with Gasteiger partial charge in [-0.3, -0.25) is 0 Å². The first-order valence-corrected chi connectivity index (χ1v) is 9.79. The molecule has 5 nitrogen and oxygen atoms in total. The van der Waals surface area contributed by atoms with Crippen LogP contribution < -0.4 is 5.32 Å². The summed E-state index contributed by atoms with van der Waals surface area (Å²) in [6.07, 6.45) is 6.52. The average molecular weight is 317 g/mol. The molecule has 0 spiro atoms. The summed E-state index contributed by atoms with van der Waals surface area (Å²) in [5.74, 6) is 0.601. The molecule has 0 bridgehead atoms. The summed E-state index contributed by atoms with van der Waals surface area (Å²) in [6.45, 7) is 6.38. The quantitative estimate of drug-likeness (QED) is 0.729. The van der Waals surface area contributed by atoms with Gasteiger partial charge < -0.3 is 5.32 Å². The SMILES string of the molecule is CC(C)NCCCN(C)S(=O)(=O)N1CCCC2CCCC21. The van der Waals surface area contributed by atoms with Gasteiger partial charge in [-0.2, -0.15) is 17.0 Å². The standard InChI is InChI=1S/C15H31N3O2S/c1-13(2)16-10-6-11-17(3)21(19,20)18-12-5-8-14-7-4-9-15(14)18/h13-16H,4-12H2,1-3H3. The molecule has 6 heteroatoms. The van der Waals surface area contributed by atoms with E-state index in [1.165, 1.54) is 19.3 Å². The third-order valence-electron chi connectivity index (χ3n) is 4.83. The largest absolute Gasteiger partial charge is 0.314 e. The summed E-state index contributed by atoms with van der Waals surface area (Å²) >= 11 is 0. The predicted molar refractivity (Wildman–Crippen MR) is 86.4 cm³/mol. The molecule has 124 valence electrons. The van der Waals surface area contributed by atoms with Crippen LogP contribution in [0.4, 0.5) is 0 Å². The molecule has 2 aliphatic rings. The molecule has 1 saturated carbocycles. The molecule has 2 atom stereocenters. The van der Waals surface area contributed by atoms with Crippen molar-refractivity contribution in [2.45, 2.75) is 64.5 Å². The first-order valence-electron chi connectivity index (χ1n) is 8.39. The van der Waals surface area contributed by atoms with Gasteiger partial charge in [-0.05, 0) is 44.6 Å². The topological polar surface area (TPSA) is 52.7 Å². The third kappa shape index (κ3) is 4.18. The Morgan fingerprint density at radius 1 is 1.24 bits per heavy atom. The van der Waals surface area contributed by atoms with Crippen LogP contribution in [0.5, 0.6) is 0 Å². The lowest BCUT2D eigenvalue weighted by Gasteiger charge is -2.38. The van der Waals surface area contributed by atoms with E-state index in [1.807, 2.05) is 0 Å². The van der Waals surface area contributed by atoms with Crippen molar-refractivity contribution in [3.05, 3.63) is 0 Å². The molecule has 1 saturated heterocycles. The van der Waals surface area contributed by atoms with E-state index in [-0.39, 0.29) is 6.04 Å². The maximum Gasteiger partial charge on any atom is 0.281 e. The van der Waals surface area contributed by atoms with Gasteiger partial charge in [0.15, 0.2) is 0 Å². The van der Waals surface area contributed by atoms with E-state index in [0.29, 0.717) is 25.0 Å². The zero-order valence-corrected chi connectivity index (χ0v) is 14.5. The van der Waals surface area contributed by atoms with Crippen LogP contribution in [0.1, 0.15) is 52.4 Å². The fraction of sp³-hybridized carbons (Fsp3) is 1.00. The van der Waals surface area contributed by atoms with Gasteiger partial charge in [-0.25, -0.2) is 0 Å². The van der Waals surface area contributed by atoms with E-state index in [2.05, 4.69) is 19.2 Å². The number of hydrogen-bond acceptors (Lipinski definition) is 3. The predicted octanol–water partition coefficient (Wildman–Crippen LogP) is 1.82. The third-order valence-corrected chi connectivity index (χ3v) is 6.85. The zero-order valence-electron chi connectivity index (χ0n) is 13.7. The molecule has 1 aliphatic carbocycles. The molecule has 1 aliphatic heterocycles. The second kappa shape index (κ2) is 7.40. The van der Waals surface area contributed by atoms with Gasteiger partial charge in [0, 0.05) is 32.2 Å². The van der Waals surface area contributed by atoms with E-state index in [4.69, 9.17) is 0 Å². The van der Waals surface area contributed by atoms with Gasteiger partial charge in [0.05, 0.1) is 0 Å². The van der Waals surface area contributed by atoms with Crippen LogP contribution in [0.3, 0.4) is 0 Å². The maximum absolute atomic E-state index is 12.8. The Balaban J connectivity index is 1.90. The maximum atomic E-state index is 12.8. The molecule has 0 aromatic rings. The van der Waals surface area contributed by atoms with Gasteiger partial charge in [-0.1, -0.05) is 20.3 Å². The highest BCUT2D eigenvalue weighted by Crippen LogP contribution is 2.38. The highest BCUT2D eigenvalue weighted by atomic mass is 32.2. The van der Waals surface area contributed by atoms with E-state index in [1.54, 1.807) is 15.7 Å². The second-order valence-corrected chi connectivity index (χ2v) is 8.79. The van der Waals surface area contributed by atoms with Crippen molar-refractivity contribution in [2.24, 2.45) is 5.92 Å². The Morgan fingerprint density at radius 3 is 2.67 bits per heavy atom. The first-order chi connectivity index (χ1) is 9.93. The van der Waals surface area contributed by atoms with E-state index in [9.17, 15) is 8.42 Å². The minimum Gasteiger partial charge on any atom is -0.314 e. The Labute approximate surface area is 130 Å². The van der Waals surface area contributed by atoms with Gasteiger partial charge in [0.1, 0.15) is 0 Å². The van der Waals surface area contributed by atoms with Gasteiger partial charge in [-0.15, -0.1) is 0 Å². The van der Waals surface area contributed by atoms with Crippen molar-refractivity contribution in [1.82, 2.24) is 13.9 Å². The molecule has 1 heterocycles. The smallest absolute Gasteiger partial charge is 0.281 e. The van der Waals surface area contributed by atoms with Crippen molar-refractivity contribution in [3.63, 3.8) is 0 Å². The highest BCUT2D eigenvalue weighted by molar-refractivity contribution is 7.86. The Kier molecular flexibility index (Phi) is 6.05. The van der Waals surface area contributed by atoms with E-state index >= 15 is 0 Å². The lowest BCUT2D eigenvalue weighted by atomic mass is 9.94. The van der Waals surface area contributed by atoms with E-state index < -0.39 is 10.2 Å². The fourth-order valence-corrected chi connectivity index (χ4v) is 5.38. The molecule has 0 amide bonds. The molecule has 2 unspecified atom stereocenters. The lowest BCUT2D eigenvalue weighted by Crippen LogP contribution is -2.51. The van der Waals surface area contributed by atoms with Crippen LogP contribution >= 0.6 is 0 Å². The van der Waals surface area contributed by atoms with Crippen molar-refractivity contribution in [2.75, 3.05) is 26.7 Å². The summed E-state index contributed by atoms with van der Waals surface area (Å²) in [5.41, 5.74) is 0. The van der Waals surface area contributed by atoms with Crippen molar-refractivity contribution in [1.29, 1.82) is 0 Å². The highest BCUT2D eigenvalue weighted by Gasteiger charge is 2.41. The normalized spacial score (nSPS) is 27.5. The molecule has 0 aromatic carbocycles. The van der Waals surface area contributed by atoms with Crippen LogP contribution in [0.15, 0.2) is 0 Å². The molecule has 21 heavy (non-hydrogen) atoms. The summed E-state index contributed by atoms with van der Waals surface area (Å²) in [5, 5.41) is 3.33. The second-order valence-electron chi connectivity index (χ2n) is 6.80. The summed E-state index contributed by atoms with van der Waals surface area (Å²) in [4.78, 5) is 0. The molecular formula is C15H31N3O2S. The molecule has 0 aromatic heterocycles. The van der Waals surface area contributed by atoms with Gasteiger partial charge >= 0.3 is 0 Å². The monoisotopic (exact) mass is 317 g/mol. The molecule has 1 N–H and O–H groups in total. The van der Waals surface area contributed by atoms with Crippen LogP contribution in [-0.2, 0) is 10.2 Å². The van der Waals surface area contributed by atoms with Crippen molar-refractivity contribution >= 4 is 10.2 Å². The number of piperidine rings is 1. The molecular weight excluding hydrogens is 286 g/mol. The number of rotatable bonds is 7. The minimum absolute atomic E-state index is 0.264. The van der Waals surface area contributed by atoms with Gasteiger partial charge in [0.25, 0.3) is 10.2 Å². The number of hydrogen-bond donors (Lipinski definition) is 1. The number of nitrogens with zero attached hydrogens (tertiary/aromatic N) is 2. The first kappa shape index (κ1) is 17.2. The van der Waals surface area contributed by atoms with Crippen LogP contribution in [0.2, 0.25) is 0 Å². The number of nitrogens with one attached hydrogen (secondary N) is 1. The van der Waals surface area contributed by atoms with Crippen LogP contribution in [-0.4, -0.2) is 55.8 Å². The Hall–Kier alpha value is -0.170. The van der Waals surface area contributed by atoms with Crippen LogP contribution in [0, 0.1) is 5.92 Å². The zero-order chi connectivity index (χ0) is 15.5. The summed E-state index contributed by atoms with van der Waals surface area (Å²) < 4.78 is 28.9. The van der Waals surface area contributed by atoms with Crippen molar-refractivity contribution in [3.8, 4) is 0 Å². The average Bonchev–Trinajstić information content (AvgIpc) is 2.90. The molecule has 2 rings (SSSR count). The molecule has 2 fully saturated rings. The Bertz CT molecular complexity index is 425.